The van der Waals surface area contributed by atoms with Gasteiger partial charge >= 0.3 is 0 Å². The Morgan fingerprint density at radius 2 is 1.84 bits per heavy atom. The van der Waals surface area contributed by atoms with Gasteiger partial charge in [0.25, 0.3) is 0 Å². The second kappa shape index (κ2) is 9.96. The molecule has 160 valence electrons. The smallest absolute Gasteiger partial charge is 0.229 e. The molecule has 31 heavy (non-hydrogen) atoms. The lowest BCUT2D eigenvalue weighted by atomic mass is 9.97. The molecule has 3 aromatic rings. The molecule has 1 aliphatic heterocycles. The number of amides is 1. The van der Waals surface area contributed by atoms with E-state index in [0.717, 1.165) is 47.2 Å². The number of hydrogen-bond acceptors (Lipinski definition) is 5. The van der Waals surface area contributed by atoms with Crippen LogP contribution in [0.25, 0.3) is 0 Å². The Morgan fingerprint density at radius 3 is 2.58 bits per heavy atom. The van der Waals surface area contributed by atoms with Crippen LogP contribution in [0.5, 0.6) is 0 Å². The van der Waals surface area contributed by atoms with Crippen molar-refractivity contribution in [3.05, 3.63) is 72.1 Å². The zero-order chi connectivity index (χ0) is 21.6. The van der Waals surface area contributed by atoms with Crippen LogP contribution in [-0.4, -0.2) is 29.0 Å². The molecule has 1 aliphatic rings. The van der Waals surface area contributed by atoms with Gasteiger partial charge in [-0.3, -0.25) is 4.79 Å². The van der Waals surface area contributed by atoms with Crippen molar-refractivity contribution in [3.8, 4) is 0 Å². The van der Waals surface area contributed by atoms with Crippen LogP contribution >= 0.6 is 11.8 Å². The summed E-state index contributed by atoms with van der Waals surface area (Å²) in [5.41, 5.74) is 3.36. The van der Waals surface area contributed by atoms with E-state index in [1.807, 2.05) is 12.1 Å². The number of aromatic nitrogens is 2. The van der Waals surface area contributed by atoms with Crippen LogP contribution in [0.15, 0.2) is 70.8 Å². The lowest BCUT2D eigenvalue weighted by Crippen LogP contribution is -2.41. The summed E-state index contributed by atoms with van der Waals surface area (Å²) >= 11 is 1.62. The van der Waals surface area contributed by atoms with Gasteiger partial charge in [-0.05, 0) is 56.0 Å². The van der Waals surface area contributed by atoms with E-state index in [1.54, 1.807) is 24.2 Å². The van der Waals surface area contributed by atoms with Gasteiger partial charge in [-0.15, -0.1) is 0 Å². The lowest BCUT2D eigenvalue weighted by molar-refractivity contribution is -0.120. The molecule has 0 spiro atoms. The summed E-state index contributed by atoms with van der Waals surface area (Å²) < 4.78 is 0. The highest BCUT2D eigenvalue weighted by molar-refractivity contribution is 7.99. The first-order chi connectivity index (χ1) is 15.1. The Labute approximate surface area is 188 Å². The Hall–Kier alpha value is -2.86. The highest BCUT2D eigenvalue weighted by Crippen LogP contribution is 2.34. The first-order valence-electron chi connectivity index (χ1n) is 10.8. The monoisotopic (exact) mass is 432 g/mol. The molecule has 1 amide bonds. The Balaban J connectivity index is 1.45. The molecule has 2 heterocycles. The van der Waals surface area contributed by atoms with Crippen LogP contribution in [0.4, 0.5) is 11.5 Å². The summed E-state index contributed by atoms with van der Waals surface area (Å²) in [4.78, 5) is 25.5. The van der Waals surface area contributed by atoms with Crippen LogP contribution in [-0.2, 0) is 11.2 Å². The van der Waals surface area contributed by atoms with Crippen molar-refractivity contribution in [2.24, 2.45) is 5.92 Å². The number of rotatable bonds is 6. The molecule has 1 saturated heterocycles. The lowest BCUT2D eigenvalue weighted by Gasteiger charge is -2.33. The van der Waals surface area contributed by atoms with Crippen LogP contribution < -0.4 is 10.2 Å². The minimum atomic E-state index is -0.0705. The molecule has 1 atom stereocenters. The number of nitrogens with one attached hydrogen (secondary N) is 1. The molecule has 5 nitrogen and oxygen atoms in total. The molecule has 1 aromatic heterocycles. The van der Waals surface area contributed by atoms with Gasteiger partial charge in [-0.25, -0.2) is 9.97 Å². The van der Waals surface area contributed by atoms with Crippen molar-refractivity contribution in [1.29, 1.82) is 0 Å². The van der Waals surface area contributed by atoms with Gasteiger partial charge in [0.15, 0.2) is 5.82 Å². The molecule has 0 bridgehead atoms. The molecule has 0 aliphatic carbocycles. The summed E-state index contributed by atoms with van der Waals surface area (Å²) in [5.74, 6) is 0.863. The molecule has 1 fully saturated rings. The van der Waals surface area contributed by atoms with Crippen LogP contribution in [0.3, 0.4) is 0 Å². The average molecular weight is 433 g/mol. The van der Waals surface area contributed by atoms with Crippen molar-refractivity contribution in [2.45, 2.75) is 43.0 Å². The minimum Gasteiger partial charge on any atom is -0.354 e. The average Bonchev–Trinajstić information content (AvgIpc) is 2.81. The SMILES string of the molecule is CCc1ccc(NC(=O)[C@@H]2CCCN(c3nccnc3Sc3ccc(C)cc3)C2)cc1. The summed E-state index contributed by atoms with van der Waals surface area (Å²) in [6, 6.07) is 16.5. The van der Waals surface area contributed by atoms with Crippen molar-refractivity contribution in [1.82, 2.24) is 9.97 Å². The van der Waals surface area contributed by atoms with E-state index in [-0.39, 0.29) is 11.8 Å². The zero-order valence-corrected chi connectivity index (χ0v) is 18.9. The van der Waals surface area contributed by atoms with E-state index in [4.69, 9.17) is 0 Å². The first-order valence-corrected chi connectivity index (χ1v) is 11.6. The molecular formula is C25H28N4OS. The quantitative estimate of drug-likeness (QED) is 0.569. The maximum atomic E-state index is 12.9. The molecule has 0 saturated carbocycles. The van der Waals surface area contributed by atoms with Gasteiger partial charge in [0.1, 0.15) is 5.03 Å². The number of benzene rings is 2. The van der Waals surface area contributed by atoms with Crippen molar-refractivity contribution >= 4 is 29.2 Å². The molecule has 0 unspecified atom stereocenters. The summed E-state index contributed by atoms with van der Waals surface area (Å²) in [6.07, 6.45) is 6.29. The molecule has 1 N–H and O–H groups in total. The number of piperidine rings is 1. The second-order valence-corrected chi connectivity index (χ2v) is 8.99. The number of carbonyl (C=O) groups is 1. The van der Waals surface area contributed by atoms with E-state index >= 15 is 0 Å². The zero-order valence-electron chi connectivity index (χ0n) is 18.0. The minimum absolute atomic E-state index is 0.0705. The molecule has 6 heteroatoms. The van der Waals surface area contributed by atoms with Gasteiger partial charge in [0.2, 0.25) is 5.91 Å². The predicted octanol–water partition coefficient (Wildman–Crippen LogP) is 5.35. The third-order valence-corrected chi connectivity index (χ3v) is 6.59. The number of hydrogen-bond donors (Lipinski definition) is 1. The molecular weight excluding hydrogens is 404 g/mol. The third kappa shape index (κ3) is 5.44. The topological polar surface area (TPSA) is 58.1 Å². The number of anilines is 2. The Kier molecular flexibility index (Phi) is 6.87. The fourth-order valence-electron chi connectivity index (χ4n) is 3.78. The van der Waals surface area contributed by atoms with E-state index in [1.165, 1.54) is 11.1 Å². The fourth-order valence-corrected chi connectivity index (χ4v) is 4.66. The summed E-state index contributed by atoms with van der Waals surface area (Å²) in [7, 11) is 0. The van der Waals surface area contributed by atoms with Crippen LogP contribution in [0.2, 0.25) is 0 Å². The maximum Gasteiger partial charge on any atom is 0.229 e. The highest BCUT2D eigenvalue weighted by Gasteiger charge is 2.28. The third-order valence-electron chi connectivity index (χ3n) is 5.60. The largest absolute Gasteiger partial charge is 0.354 e. The van der Waals surface area contributed by atoms with Crippen LogP contribution in [0, 0.1) is 12.8 Å². The van der Waals surface area contributed by atoms with Crippen LogP contribution in [0.1, 0.15) is 30.9 Å². The Morgan fingerprint density at radius 1 is 1.10 bits per heavy atom. The normalized spacial score (nSPS) is 16.2. The van der Waals surface area contributed by atoms with E-state index in [9.17, 15) is 4.79 Å². The van der Waals surface area contributed by atoms with Crippen molar-refractivity contribution < 1.29 is 4.79 Å². The first kappa shape index (κ1) is 21.4. The van der Waals surface area contributed by atoms with Gasteiger partial charge in [-0.2, -0.15) is 0 Å². The van der Waals surface area contributed by atoms with Crippen molar-refractivity contribution in [2.75, 3.05) is 23.3 Å². The van der Waals surface area contributed by atoms with E-state index in [2.05, 4.69) is 70.4 Å². The maximum absolute atomic E-state index is 12.9. The summed E-state index contributed by atoms with van der Waals surface area (Å²) in [6.45, 7) is 5.75. The van der Waals surface area contributed by atoms with Gasteiger partial charge < -0.3 is 10.2 Å². The number of carbonyl (C=O) groups excluding carboxylic acids is 1. The van der Waals surface area contributed by atoms with Gasteiger partial charge in [-0.1, -0.05) is 48.5 Å². The van der Waals surface area contributed by atoms with Gasteiger partial charge in [0.05, 0.1) is 5.92 Å². The highest BCUT2D eigenvalue weighted by atomic mass is 32.2. The Bertz CT molecular complexity index is 1020. The van der Waals surface area contributed by atoms with E-state index in [0.29, 0.717) is 6.54 Å². The predicted molar refractivity (Wildman–Crippen MR) is 127 cm³/mol. The summed E-state index contributed by atoms with van der Waals surface area (Å²) in [5, 5.41) is 3.97. The van der Waals surface area contributed by atoms with Gasteiger partial charge in [0, 0.05) is 36.1 Å². The molecule has 0 radical (unpaired) electrons. The van der Waals surface area contributed by atoms with Crippen molar-refractivity contribution in [3.63, 3.8) is 0 Å². The number of nitrogens with zero attached hydrogens (tertiary/aromatic N) is 3. The molecule has 4 rings (SSSR count). The number of aryl methyl sites for hydroxylation is 2. The van der Waals surface area contributed by atoms with E-state index < -0.39 is 0 Å². The molecule has 2 aromatic carbocycles. The second-order valence-electron chi connectivity index (χ2n) is 7.93. The standard InChI is InChI=1S/C25H28N4OS/c1-3-19-8-10-21(11-9-19)28-24(30)20-5-4-16-29(17-20)23-25(27-15-14-26-23)31-22-12-6-18(2)7-13-22/h6-15,20H,3-5,16-17H2,1-2H3,(H,28,30)/t20-/m1/s1. The fraction of sp³-hybridized carbons (Fsp3) is 0.320.